The van der Waals surface area contributed by atoms with Gasteiger partial charge in [0.05, 0.1) is 0 Å². The van der Waals surface area contributed by atoms with Crippen molar-refractivity contribution in [3.63, 3.8) is 0 Å². The standard InChI is InChI=1S/C9H19NS/c1-8(10-2)7-9-3-5-11-6-4-9/h8-10H,3-7H2,1-2H3. The lowest BCUT2D eigenvalue weighted by Crippen LogP contribution is -2.25. The molecule has 0 spiro atoms. The van der Waals surface area contributed by atoms with Gasteiger partial charge < -0.3 is 5.32 Å². The summed E-state index contributed by atoms with van der Waals surface area (Å²) in [7, 11) is 2.06. The summed E-state index contributed by atoms with van der Waals surface area (Å²) in [6.07, 6.45) is 4.25. The molecule has 0 radical (unpaired) electrons. The number of hydrogen-bond acceptors (Lipinski definition) is 2. The third-order valence-corrected chi connectivity index (χ3v) is 3.57. The van der Waals surface area contributed by atoms with Crippen LogP contribution in [0.3, 0.4) is 0 Å². The Balaban J connectivity index is 2.13. The van der Waals surface area contributed by atoms with Crippen molar-refractivity contribution in [2.24, 2.45) is 5.92 Å². The van der Waals surface area contributed by atoms with E-state index in [2.05, 4.69) is 31.1 Å². The molecule has 1 nitrogen and oxygen atoms in total. The van der Waals surface area contributed by atoms with Crippen molar-refractivity contribution in [3.05, 3.63) is 0 Å². The Bertz CT molecular complexity index is 99.7. The Kier molecular flexibility index (Phi) is 4.31. The van der Waals surface area contributed by atoms with E-state index in [0.29, 0.717) is 6.04 Å². The summed E-state index contributed by atoms with van der Waals surface area (Å²) in [6, 6.07) is 0.711. The normalized spacial score (nSPS) is 23.5. The van der Waals surface area contributed by atoms with E-state index in [0.717, 1.165) is 5.92 Å². The van der Waals surface area contributed by atoms with Crippen LogP contribution < -0.4 is 5.32 Å². The van der Waals surface area contributed by atoms with Crippen molar-refractivity contribution in [3.8, 4) is 0 Å². The number of rotatable bonds is 3. The molecule has 0 aromatic carbocycles. The average molecular weight is 173 g/mol. The molecule has 0 saturated carbocycles. The SMILES string of the molecule is CNC(C)CC1CCSCC1. The van der Waals surface area contributed by atoms with Gasteiger partial charge >= 0.3 is 0 Å². The first-order chi connectivity index (χ1) is 5.33. The molecule has 1 aliphatic rings. The summed E-state index contributed by atoms with van der Waals surface area (Å²) < 4.78 is 0. The fourth-order valence-electron chi connectivity index (χ4n) is 1.60. The smallest absolute Gasteiger partial charge is 0.00383 e. The van der Waals surface area contributed by atoms with Gasteiger partial charge in [-0.3, -0.25) is 0 Å². The highest BCUT2D eigenvalue weighted by Crippen LogP contribution is 2.25. The van der Waals surface area contributed by atoms with Gasteiger partial charge in [-0.2, -0.15) is 11.8 Å². The fraction of sp³-hybridized carbons (Fsp3) is 1.00. The molecule has 0 amide bonds. The highest BCUT2D eigenvalue weighted by Gasteiger charge is 2.15. The highest BCUT2D eigenvalue weighted by molar-refractivity contribution is 7.99. The van der Waals surface area contributed by atoms with Crippen LogP contribution in [0, 0.1) is 5.92 Å². The van der Waals surface area contributed by atoms with Gasteiger partial charge in [0.25, 0.3) is 0 Å². The largest absolute Gasteiger partial charge is 0.317 e. The molecule has 1 heterocycles. The fourth-order valence-corrected chi connectivity index (χ4v) is 2.80. The highest BCUT2D eigenvalue weighted by atomic mass is 32.2. The van der Waals surface area contributed by atoms with Crippen molar-refractivity contribution >= 4 is 11.8 Å². The molecular formula is C9H19NS. The molecule has 1 atom stereocenters. The van der Waals surface area contributed by atoms with E-state index in [4.69, 9.17) is 0 Å². The monoisotopic (exact) mass is 173 g/mol. The predicted molar refractivity (Wildman–Crippen MR) is 53.2 cm³/mol. The molecular weight excluding hydrogens is 154 g/mol. The quantitative estimate of drug-likeness (QED) is 0.701. The van der Waals surface area contributed by atoms with E-state index < -0.39 is 0 Å². The minimum atomic E-state index is 0.711. The summed E-state index contributed by atoms with van der Waals surface area (Å²) in [6.45, 7) is 2.28. The molecule has 0 bridgehead atoms. The van der Waals surface area contributed by atoms with E-state index in [1.54, 1.807) is 0 Å². The maximum Gasteiger partial charge on any atom is 0.00383 e. The van der Waals surface area contributed by atoms with E-state index in [1.165, 1.54) is 30.8 Å². The molecule has 66 valence electrons. The van der Waals surface area contributed by atoms with Gasteiger partial charge in [0.2, 0.25) is 0 Å². The van der Waals surface area contributed by atoms with Crippen LogP contribution in [0.5, 0.6) is 0 Å². The minimum absolute atomic E-state index is 0.711. The lowest BCUT2D eigenvalue weighted by Gasteiger charge is -2.23. The Morgan fingerprint density at radius 3 is 2.64 bits per heavy atom. The lowest BCUT2D eigenvalue weighted by molar-refractivity contribution is 0.393. The Labute approximate surface area is 74.3 Å². The molecule has 1 N–H and O–H groups in total. The third kappa shape index (κ3) is 3.48. The Morgan fingerprint density at radius 2 is 2.09 bits per heavy atom. The van der Waals surface area contributed by atoms with Crippen LogP contribution in [0.15, 0.2) is 0 Å². The molecule has 2 heteroatoms. The van der Waals surface area contributed by atoms with Crippen LogP contribution in [-0.4, -0.2) is 24.6 Å². The van der Waals surface area contributed by atoms with Gasteiger partial charge in [0, 0.05) is 6.04 Å². The van der Waals surface area contributed by atoms with Crippen LogP contribution >= 0.6 is 11.8 Å². The molecule has 1 unspecified atom stereocenters. The zero-order valence-electron chi connectivity index (χ0n) is 7.60. The molecule has 1 aliphatic heterocycles. The van der Waals surface area contributed by atoms with Crippen LogP contribution in [0.1, 0.15) is 26.2 Å². The third-order valence-electron chi connectivity index (χ3n) is 2.52. The second kappa shape index (κ2) is 5.04. The first-order valence-corrected chi connectivity index (χ1v) is 5.73. The molecule has 1 saturated heterocycles. The van der Waals surface area contributed by atoms with Crippen molar-refractivity contribution in [1.29, 1.82) is 0 Å². The van der Waals surface area contributed by atoms with Crippen molar-refractivity contribution in [1.82, 2.24) is 5.32 Å². The van der Waals surface area contributed by atoms with Gasteiger partial charge in [0.15, 0.2) is 0 Å². The zero-order valence-corrected chi connectivity index (χ0v) is 8.41. The van der Waals surface area contributed by atoms with Crippen LogP contribution in [0.25, 0.3) is 0 Å². The Morgan fingerprint density at radius 1 is 1.45 bits per heavy atom. The summed E-state index contributed by atoms with van der Waals surface area (Å²) in [5.41, 5.74) is 0. The molecule has 1 fully saturated rings. The molecule has 0 aromatic heterocycles. The van der Waals surface area contributed by atoms with Crippen LogP contribution in [-0.2, 0) is 0 Å². The summed E-state index contributed by atoms with van der Waals surface area (Å²) in [5.74, 6) is 3.78. The predicted octanol–water partition coefficient (Wildman–Crippen LogP) is 2.13. The number of thioether (sulfide) groups is 1. The summed E-state index contributed by atoms with van der Waals surface area (Å²) in [5, 5.41) is 3.31. The van der Waals surface area contributed by atoms with Crippen molar-refractivity contribution in [2.45, 2.75) is 32.2 Å². The van der Waals surface area contributed by atoms with Gasteiger partial charge in [-0.15, -0.1) is 0 Å². The number of hydrogen-bond donors (Lipinski definition) is 1. The second-order valence-corrected chi connectivity index (χ2v) is 4.71. The lowest BCUT2D eigenvalue weighted by atomic mass is 9.95. The summed E-state index contributed by atoms with van der Waals surface area (Å²) in [4.78, 5) is 0. The Hall–Kier alpha value is 0.310. The maximum atomic E-state index is 3.31. The van der Waals surface area contributed by atoms with E-state index >= 15 is 0 Å². The van der Waals surface area contributed by atoms with Gasteiger partial charge in [0.1, 0.15) is 0 Å². The summed E-state index contributed by atoms with van der Waals surface area (Å²) >= 11 is 2.11. The number of nitrogens with one attached hydrogen (secondary N) is 1. The van der Waals surface area contributed by atoms with Crippen LogP contribution in [0.2, 0.25) is 0 Å². The van der Waals surface area contributed by atoms with Gasteiger partial charge in [-0.25, -0.2) is 0 Å². The van der Waals surface area contributed by atoms with Crippen molar-refractivity contribution in [2.75, 3.05) is 18.6 Å². The van der Waals surface area contributed by atoms with Gasteiger partial charge in [-0.1, -0.05) is 0 Å². The molecule has 1 rings (SSSR count). The van der Waals surface area contributed by atoms with E-state index in [9.17, 15) is 0 Å². The van der Waals surface area contributed by atoms with E-state index in [1.807, 2.05) is 0 Å². The minimum Gasteiger partial charge on any atom is -0.317 e. The van der Waals surface area contributed by atoms with Crippen LogP contribution in [0.4, 0.5) is 0 Å². The van der Waals surface area contributed by atoms with Gasteiger partial charge in [-0.05, 0) is 50.7 Å². The van der Waals surface area contributed by atoms with E-state index in [-0.39, 0.29) is 0 Å². The molecule has 11 heavy (non-hydrogen) atoms. The molecule has 0 aliphatic carbocycles. The maximum absolute atomic E-state index is 3.31. The topological polar surface area (TPSA) is 12.0 Å². The first kappa shape index (κ1) is 9.40. The molecule has 0 aromatic rings. The second-order valence-electron chi connectivity index (χ2n) is 3.48. The first-order valence-electron chi connectivity index (χ1n) is 4.58. The average Bonchev–Trinajstić information content (AvgIpc) is 2.06. The zero-order chi connectivity index (χ0) is 8.10. The van der Waals surface area contributed by atoms with Crippen molar-refractivity contribution < 1.29 is 0 Å².